The van der Waals surface area contributed by atoms with Crippen LogP contribution >= 0.6 is 0 Å². The largest absolute Gasteiger partial charge is 0.466 e. The number of hydrogen-bond acceptors (Lipinski definition) is 3. The van der Waals surface area contributed by atoms with Crippen molar-refractivity contribution in [3.8, 4) is 0 Å². The lowest BCUT2D eigenvalue weighted by Crippen LogP contribution is -2.27. The van der Waals surface area contributed by atoms with Gasteiger partial charge >= 0.3 is 5.97 Å². The van der Waals surface area contributed by atoms with Crippen molar-refractivity contribution in [2.75, 3.05) is 13.2 Å². The van der Waals surface area contributed by atoms with Gasteiger partial charge in [-0.05, 0) is 32.7 Å². The molecule has 0 amide bonds. The fraction of sp³-hybridized carbons (Fsp3) is 0.875. The number of hydrogen-bond donors (Lipinski definition) is 0. The van der Waals surface area contributed by atoms with Crippen molar-refractivity contribution < 1.29 is 9.53 Å². The van der Waals surface area contributed by atoms with E-state index in [-0.39, 0.29) is 5.97 Å². The molecule has 5 heteroatoms. The molecule has 0 aliphatic rings. The van der Waals surface area contributed by atoms with Gasteiger partial charge in [-0.1, -0.05) is 5.11 Å². The van der Waals surface area contributed by atoms with Crippen LogP contribution < -0.4 is 0 Å². The van der Waals surface area contributed by atoms with Crippen LogP contribution in [0.25, 0.3) is 10.4 Å². The first kappa shape index (κ1) is 11.8. The molecule has 0 heterocycles. The van der Waals surface area contributed by atoms with Crippen molar-refractivity contribution in [1.82, 2.24) is 0 Å². The fourth-order valence-corrected chi connectivity index (χ4v) is 0.803. The number of carbonyl (C=O) groups excluding carboxylic acids is 1. The maximum absolute atomic E-state index is 11.3. The number of ether oxygens (including phenoxy) is 1. The lowest BCUT2D eigenvalue weighted by molar-refractivity contribution is -0.153. The Morgan fingerprint density at radius 1 is 1.62 bits per heavy atom. The van der Waals surface area contributed by atoms with Crippen LogP contribution in [-0.2, 0) is 9.53 Å². The molecule has 0 unspecified atom stereocenters. The summed E-state index contributed by atoms with van der Waals surface area (Å²) in [7, 11) is 0. The van der Waals surface area contributed by atoms with Crippen LogP contribution in [0, 0.1) is 5.41 Å². The van der Waals surface area contributed by atoms with Gasteiger partial charge in [0.1, 0.15) is 0 Å². The van der Waals surface area contributed by atoms with E-state index < -0.39 is 5.41 Å². The van der Waals surface area contributed by atoms with E-state index in [1.807, 2.05) is 0 Å². The third-order valence-electron chi connectivity index (χ3n) is 1.73. The molecule has 0 fully saturated rings. The zero-order valence-electron chi connectivity index (χ0n) is 8.28. The lowest BCUT2D eigenvalue weighted by Gasteiger charge is -2.20. The normalized spacial score (nSPS) is 10.4. The summed E-state index contributed by atoms with van der Waals surface area (Å²) in [6.07, 6.45) is 0.510. The molecule has 0 aromatic heterocycles. The second-order valence-electron chi connectivity index (χ2n) is 3.31. The van der Waals surface area contributed by atoms with Crippen LogP contribution in [0.1, 0.15) is 27.2 Å². The van der Waals surface area contributed by atoms with E-state index in [2.05, 4.69) is 10.0 Å². The van der Waals surface area contributed by atoms with Crippen LogP contribution in [0.4, 0.5) is 0 Å². The Bertz CT molecular complexity index is 219. The van der Waals surface area contributed by atoms with Crippen LogP contribution in [0.3, 0.4) is 0 Å². The monoisotopic (exact) mass is 185 g/mol. The highest BCUT2D eigenvalue weighted by Gasteiger charge is 2.28. The Kier molecular flexibility index (Phi) is 4.92. The molecule has 0 aromatic rings. The van der Waals surface area contributed by atoms with E-state index in [1.54, 1.807) is 20.8 Å². The number of nitrogens with zero attached hydrogens (tertiary/aromatic N) is 3. The van der Waals surface area contributed by atoms with E-state index in [4.69, 9.17) is 10.3 Å². The minimum atomic E-state index is -0.565. The fourth-order valence-electron chi connectivity index (χ4n) is 0.803. The highest BCUT2D eigenvalue weighted by Crippen LogP contribution is 2.22. The van der Waals surface area contributed by atoms with Crippen LogP contribution in [0.5, 0.6) is 0 Å². The second-order valence-corrected chi connectivity index (χ2v) is 3.31. The molecule has 0 aromatic carbocycles. The maximum atomic E-state index is 11.3. The average Bonchev–Trinajstić information content (AvgIpc) is 2.05. The first-order chi connectivity index (χ1) is 6.04. The van der Waals surface area contributed by atoms with Crippen molar-refractivity contribution in [1.29, 1.82) is 0 Å². The molecule has 0 bridgehead atoms. The molecule has 0 saturated carbocycles. The van der Waals surface area contributed by atoms with Crippen molar-refractivity contribution in [2.45, 2.75) is 27.2 Å². The van der Waals surface area contributed by atoms with Gasteiger partial charge in [0.15, 0.2) is 0 Å². The molecule has 13 heavy (non-hydrogen) atoms. The predicted octanol–water partition coefficient (Wildman–Crippen LogP) is 2.28. The van der Waals surface area contributed by atoms with Crippen molar-refractivity contribution in [3.05, 3.63) is 10.4 Å². The molecule has 74 valence electrons. The number of esters is 1. The average molecular weight is 185 g/mol. The summed E-state index contributed by atoms with van der Waals surface area (Å²) in [5.74, 6) is -0.247. The molecular formula is C8H15N3O2. The van der Waals surface area contributed by atoms with Crippen LogP contribution in [0.15, 0.2) is 5.11 Å². The van der Waals surface area contributed by atoms with E-state index in [0.717, 1.165) is 0 Å². The summed E-state index contributed by atoms with van der Waals surface area (Å²) in [4.78, 5) is 13.9. The second kappa shape index (κ2) is 5.43. The van der Waals surface area contributed by atoms with Crippen molar-refractivity contribution >= 4 is 5.97 Å². The van der Waals surface area contributed by atoms with E-state index in [0.29, 0.717) is 19.6 Å². The molecule has 0 spiro atoms. The number of carbonyl (C=O) groups is 1. The summed E-state index contributed by atoms with van der Waals surface area (Å²) in [6, 6.07) is 0. The maximum Gasteiger partial charge on any atom is 0.311 e. The summed E-state index contributed by atoms with van der Waals surface area (Å²) < 4.78 is 4.86. The van der Waals surface area contributed by atoms with Gasteiger partial charge in [-0.15, -0.1) is 0 Å². The van der Waals surface area contributed by atoms with Gasteiger partial charge < -0.3 is 4.74 Å². The smallest absolute Gasteiger partial charge is 0.311 e. The van der Waals surface area contributed by atoms with Gasteiger partial charge in [-0.2, -0.15) is 0 Å². The first-order valence-corrected chi connectivity index (χ1v) is 4.22. The summed E-state index contributed by atoms with van der Waals surface area (Å²) in [6.45, 7) is 6.02. The van der Waals surface area contributed by atoms with Gasteiger partial charge in [0.25, 0.3) is 0 Å². The molecule has 5 nitrogen and oxygen atoms in total. The highest BCUT2D eigenvalue weighted by atomic mass is 16.5. The Labute approximate surface area is 77.7 Å². The SMILES string of the molecule is CCOC(=O)C(C)(C)CCN=[N+]=[N-]. The summed E-state index contributed by atoms with van der Waals surface area (Å²) >= 11 is 0. The molecule has 0 radical (unpaired) electrons. The molecule has 0 atom stereocenters. The Balaban J connectivity index is 4.04. The first-order valence-electron chi connectivity index (χ1n) is 4.22. The van der Waals surface area contributed by atoms with Gasteiger partial charge in [-0.25, -0.2) is 0 Å². The van der Waals surface area contributed by atoms with E-state index in [9.17, 15) is 4.79 Å². The summed E-state index contributed by atoms with van der Waals surface area (Å²) in [5.41, 5.74) is 7.48. The van der Waals surface area contributed by atoms with E-state index >= 15 is 0 Å². The molecule has 0 rings (SSSR count). The molecule has 0 saturated heterocycles. The minimum Gasteiger partial charge on any atom is -0.466 e. The third kappa shape index (κ3) is 4.38. The minimum absolute atomic E-state index is 0.247. The molecule has 0 aliphatic heterocycles. The quantitative estimate of drug-likeness (QED) is 0.285. The Morgan fingerprint density at radius 3 is 2.69 bits per heavy atom. The molecule has 0 N–H and O–H groups in total. The zero-order chi connectivity index (χ0) is 10.3. The zero-order valence-corrected chi connectivity index (χ0v) is 8.28. The number of azide groups is 1. The van der Waals surface area contributed by atoms with Crippen LogP contribution in [0.2, 0.25) is 0 Å². The predicted molar refractivity (Wildman–Crippen MR) is 49.0 cm³/mol. The Morgan fingerprint density at radius 2 is 2.23 bits per heavy atom. The van der Waals surface area contributed by atoms with E-state index in [1.165, 1.54) is 0 Å². The van der Waals surface area contributed by atoms with Gasteiger partial charge in [0, 0.05) is 11.5 Å². The third-order valence-corrected chi connectivity index (χ3v) is 1.73. The lowest BCUT2D eigenvalue weighted by atomic mass is 9.90. The Hall–Kier alpha value is -1.22. The molecular weight excluding hydrogens is 170 g/mol. The van der Waals surface area contributed by atoms with Crippen molar-refractivity contribution in [3.63, 3.8) is 0 Å². The van der Waals surface area contributed by atoms with Crippen LogP contribution in [-0.4, -0.2) is 19.1 Å². The van der Waals surface area contributed by atoms with Gasteiger partial charge in [0.05, 0.1) is 12.0 Å². The number of rotatable bonds is 5. The summed E-state index contributed by atoms with van der Waals surface area (Å²) in [5, 5.41) is 3.37. The van der Waals surface area contributed by atoms with Gasteiger partial charge in [0.2, 0.25) is 0 Å². The standard InChI is InChI=1S/C8H15N3O2/c1-4-13-7(12)8(2,3)5-6-10-11-9/h4-6H2,1-3H3. The molecule has 0 aliphatic carbocycles. The highest BCUT2D eigenvalue weighted by molar-refractivity contribution is 5.75. The van der Waals surface area contributed by atoms with Crippen molar-refractivity contribution in [2.24, 2.45) is 10.5 Å². The topological polar surface area (TPSA) is 75.1 Å². The van der Waals surface area contributed by atoms with Gasteiger partial charge in [-0.3, -0.25) is 4.79 Å².